The van der Waals surface area contributed by atoms with Crippen LogP contribution in [0.5, 0.6) is 11.5 Å². The summed E-state index contributed by atoms with van der Waals surface area (Å²) in [6, 6.07) is 11.6. The van der Waals surface area contributed by atoms with Gasteiger partial charge in [0, 0.05) is 17.9 Å². The van der Waals surface area contributed by atoms with E-state index >= 15 is 0 Å². The maximum Gasteiger partial charge on any atom is 0.255 e. The number of aryl methyl sites for hydroxylation is 2. The number of nitrogens with zero attached hydrogens (tertiary/aromatic N) is 2. The van der Waals surface area contributed by atoms with Gasteiger partial charge < -0.3 is 20.5 Å². The zero-order valence-electron chi connectivity index (χ0n) is 18.3. The number of benzene rings is 2. The average Bonchev–Trinajstić information content (AvgIpc) is 3.15. The fraction of sp³-hybridized carbons (Fsp3) is 0.292. The molecule has 2 aromatic carbocycles. The van der Waals surface area contributed by atoms with Crippen LogP contribution in [0, 0.1) is 13.8 Å². The van der Waals surface area contributed by atoms with E-state index in [-0.39, 0.29) is 18.4 Å². The van der Waals surface area contributed by atoms with Crippen LogP contribution in [0.25, 0.3) is 5.69 Å². The minimum absolute atomic E-state index is 0.0827. The molecule has 0 aliphatic carbocycles. The summed E-state index contributed by atoms with van der Waals surface area (Å²) in [7, 11) is 0. The van der Waals surface area contributed by atoms with Gasteiger partial charge >= 0.3 is 0 Å². The highest BCUT2D eigenvalue weighted by atomic mass is 16.5. The van der Waals surface area contributed by atoms with Crippen molar-refractivity contribution in [2.75, 3.05) is 18.5 Å². The van der Waals surface area contributed by atoms with Gasteiger partial charge in [0.2, 0.25) is 5.91 Å². The van der Waals surface area contributed by atoms with E-state index in [9.17, 15) is 9.59 Å². The van der Waals surface area contributed by atoms with Crippen LogP contribution in [-0.4, -0.2) is 34.8 Å². The number of anilines is 1. The molecule has 3 aromatic rings. The van der Waals surface area contributed by atoms with Crippen molar-refractivity contribution in [2.45, 2.75) is 33.1 Å². The molecule has 32 heavy (non-hydrogen) atoms. The minimum atomic E-state index is -0.566. The first-order chi connectivity index (χ1) is 15.4. The standard InChI is InChI=1S/C24H26N4O4/c1-4-31-21-10-16(5-6-20(21)32-13-22(25)29)18-11-23(30)27-24-19(18)12-26-28(24)17-8-14(2)7-15(3)9-17/h5-10,12,18H,4,11,13H2,1-3H3,(H2,25,29)(H,27,30). The molecule has 1 unspecified atom stereocenters. The van der Waals surface area contributed by atoms with E-state index < -0.39 is 5.91 Å². The molecule has 2 heterocycles. The third kappa shape index (κ3) is 4.30. The molecule has 1 atom stereocenters. The molecule has 8 heteroatoms. The molecule has 0 radical (unpaired) electrons. The van der Waals surface area contributed by atoms with Crippen LogP contribution in [0.15, 0.2) is 42.6 Å². The Morgan fingerprint density at radius 2 is 1.91 bits per heavy atom. The Labute approximate surface area is 186 Å². The van der Waals surface area contributed by atoms with Gasteiger partial charge in [0.1, 0.15) is 5.82 Å². The lowest BCUT2D eigenvalue weighted by Crippen LogP contribution is -2.24. The van der Waals surface area contributed by atoms with Crippen molar-refractivity contribution in [1.82, 2.24) is 9.78 Å². The summed E-state index contributed by atoms with van der Waals surface area (Å²) in [6.07, 6.45) is 2.09. The monoisotopic (exact) mass is 434 g/mol. The van der Waals surface area contributed by atoms with E-state index in [1.165, 1.54) is 0 Å². The van der Waals surface area contributed by atoms with Crippen molar-refractivity contribution >= 4 is 17.6 Å². The third-order valence-electron chi connectivity index (χ3n) is 5.31. The van der Waals surface area contributed by atoms with Crippen molar-refractivity contribution < 1.29 is 19.1 Å². The van der Waals surface area contributed by atoms with Crippen LogP contribution >= 0.6 is 0 Å². The minimum Gasteiger partial charge on any atom is -0.490 e. The molecule has 0 saturated heterocycles. The predicted octanol–water partition coefficient (Wildman–Crippen LogP) is 3.23. The van der Waals surface area contributed by atoms with Crippen LogP contribution in [0.4, 0.5) is 5.82 Å². The average molecular weight is 434 g/mol. The van der Waals surface area contributed by atoms with Gasteiger partial charge in [-0.25, -0.2) is 4.68 Å². The Balaban J connectivity index is 1.73. The molecule has 0 bridgehead atoms. The van der Waals surface area contributed by atoms with Crippen molar-refractivity contribution in [3.05, 3.63) is 64.8 Å². The van der Waals surface area contributed by atoms with Gasteiger partial charge in [0.05, 0.1) is 18.5 Å². The molecule has 0 spiro atoms. The fourth-order valence-electron chi connectivity index (χ4n) is 4.06. The fourth-order valence-corrected chi connectivity index (χ4v) is 4.06. The highest BCUT2D eigenvalue weighted by molar-refractivity contribution is 5.94. The number of amides is 2. The Bertz CT molecular complexity index is 1160. The first-order valence-corrected chi connectivity index (χ1v) is 10.5. The Hall–Kier alpha value is -3.81. The second-order valence-corrected chi connectivity index (χ2v) is 7.91. The Kier molecular flexibility index (Phi) is 5.85. The number of rotatable bonds is 7. The first kappa shape index (κ1) is 21.4. The molecule has 4 rings (SSSR count). The van der Waals surface area contributed by atoms with Gasteiger partial charge in [-0.2, -0.15) is 5.10 Å². The molecule has 0 saturated carbocycles. The summed E-state index contributed by atoms with van der Waals surface area (Å²) >= 11 is 0. The van der Waals surface area contributed by atoms with E-state index in [1.807, 2.05) is 45.0 Å². The number of aromatic nitrogens is 2. The zero-order valence-corrected chi connectivity index (χ0v) is 18.3. The van der Waals surface area contributed by atoms with Gasteiger partial charge in [-0.05, 0) is 61.7 Å². The van der Waals surface area contributed by atoms with E-state index in [0.29, 0.717) is 30.3 Å². The van der Waals surface area contributed by atoms with Gasteiger partial charge in [0.15, 0.2) is 18.1 Å². The van der Waals surface area contributed by atoms with Crippen molar-refractivity contribution in [3.63, 3.8) is 0 Å². The molecule has 3 N–H and O–H groups in total. The normalized spacial score (nSPS) is 15.1. The number of ether oxygens (including phenoxy) is 2. The van der Waals surface area contributed by atoms with Gasteiger partial charge in [-0.1, -0.05) is 12.1 Å². The summed E-state index contributed by atoms with van der Waals surface area (Å²) in [5.74, 6) is 0.761. The van der Waals surface area contributed by atoms with Crippen molar-refractivity contribution in [2.24, 2.45) is 5.73 Å². The lowest BCUT2D eigenvalue weighted by Gasteiger charge is -2.24. The van der Waals surface area contributed by atoms with E-state index in [2.05, 4.69) is 16.5 Å². The highest BCUT2D eigenvalue weighted by Gasteiger charge is 2.31. The molecule has 1 aromatic heterocycles. The molecule has 0 fully saturated rings. The second-order valence-electron chi connectivity index (χ2n) is 7.91. The summed E-state index contributed by atoms with van der Waals surface area (Å²) in [4.78, 5) is 23.7. The van der Waals surface area contributed by atoms with E-state index in [1.54, 1.807) is 16.9 Å². The lowest BCUT2D eigenvalue weighted by atomic mass is 9.87. The lowest BCUT2D eigenvalue weighted by molar-refractivity contribution is -0.120. The second kappa shape index (κ2) is 8.74. The van der Waals surface area contributed by atoms with Crippen LogP contribution in [0.2, 0.25) is 0 Å². The van der Waals surface area contributed by atoms with Crippen LogP contribution in [-0.2, 0) is 9.59 Å². The van der Waals surface area contributed by atoms with E-state index in [0.717, 1.165) is 27.9 Å². The summed E-state index contributed by atoms with van der Waals surface area (Å²) in [6.45, 7) is 6.12. The Morgan fingerprint density at radius 3 is 2.59 bits per heavy atom. The van der Waals surface area contributed by atoms with Crippen LogP contribution in [0.3, 0.4) is 0 Å². The number of carbonyl (C=O) groups excluding carboxylic acids is 2. The number of primary amides is 1. The number of nitrogens with two attached hydrogens (primary N) is 1. The molecule has 1 aliphatic heterocycles. The van der Waals surface area contributed by atoms with Gasteiger partial charge in [-0.3, -0.25) is 9.59 Å². The van der Waals surface area contributed by atoms with E-state index in [4.69, 9.17) is 15.2 Å². The highest BCUT2D eigenvalue weighted by Crippen LogP contribution is 2.41. The number of hydrogen-bond donors (Lipinski definition) is 2. The van der Waals surface area contributed by atoms with Gasteiger partial charge in [0.25, 0.3) is 5.91 Å². The molecule has 2 amide bonds. The van der Waals surface area contributed by atoms with Gasteiger partial charge in [-0.15, -0.1) is 0 Å². The summed E-state index contributed by atoms with van der Waals surface area (Å²) in [5, 5.41) is 7.56. The number of fused-ring (bicyclic) bond motifs is 1. The smallest absolute Gasteiger partial charge is 0.255 e. The molecular formula is C24H26N4O4. The largest absolute Gasteiger partial charge is 0.490 e. The molecular weight excluding hydrogens is 408 g/mol. The predicted molar refractivity (Wildman–Crippen MR) is 120 cm³/mol. The maximum absolute atomic E-state index is 12.6. The number of nitrogens with one attached hydrogen (secondary N) is 1. The SMILES string of the molecule is CCOc1cc(C2CC(=O)Nc3c2cnn3-c2cc(C)cc(C)c2)ccc1OCC(N)=O. The molecule has 8 nitrogen and oxygen atoms in total. The van der Waals surface area contributed by atoms with Crippen LogP contribution < -0.4 is 20.5 Å². The number of carbonyl (C=O) groups is 2. The Morgan fingerprint density at radius 1 is 1.16 bits per heavy atom. The topological polar surface area (TPSA) is 108 Å². The molecule has 166 valence electrons. The van der Waals surface area contributed by atoms with Crippen molar-refractivity contribution in [3.8, 4) is 17.2 Å². The third-order valence-corrected chi connectivity index (χ3v) is 5.31. The quantitative estimate of drug-likeness (QED) is 0.594. The number of hydrogen-bond acceptors (Lipinski definition) is 5. The first-order valence-electron chi connectivity index (χ1n) is 10.5. The summed E-state index contributed by atoms with van der Waals surface area (Å²) < 4.78 is 13.0. The van der Waals surface area contributed by atoms with Crippen molar-refractivity contribution in [1.29, 1.82) is 0 Å². The zero-order chi connectivity index (χ0) is 22.8. The van der Waals surface area contributed by atoms with Crippen LogP contribution in [0.1, 0.15) is 41.5 Å². The summed E-state index contributed by atoms with van der Waals surface area (Å²) in [5.41, 5.74) is 10.2. The maximum atomic E-state index is 12.6. The molecule has 1 aliphatic rings.